The molecule has 0 aliphatic heterocycles. The highest BCUT2D eigenvalue weighted by molar-refractivity contribution is 9.10. The van der Waals surface area contributed by atoms with Gasteiger partial charge in [0, 0.05) is 22.6 Å². The van der Waals surface area contributed by atoms with Gasteiger partial charge in [0.15, 0.2) is 19.8 Å². The highest BCUT2D eigenvalue weighted by atomic mass is 79.9. The van der Waals surface area contributed by atoms with Crippen molar-refractivity contribution in [2.24, 2.45) is 4.99 Å². The number of halogens is 1. The number of hydrogen-bond acceptors (Lipinski definition) is 7. The Morgan fingerprint density at radius 2 is 2.14 bits per heavy atom. The minimum Gasteiger partial charge on any atom is -0.313 e. The van der Waals surface area contributed by atoms with E-state index in [1.807, 2.05) is 18.2 Å². The standard InChI is InChI=1S/C17H15BrN4O4S3/c1-2-6-22-12-4-3-11(18)8-13(12)28-17(22)21-15(24)10-29(25,26)9-14(23)20-16-19-5-7-27-16/h2-5,7-8H,1,6,9-10H2,(H,19,20,23). The number of amides is 2. The molecule has 152 valence electrons. The first kappa shape index (κ1) is 21.6. The summed E-state index contributed by atoms with van der Waals surface area (Å²) >= 11 is 5.83. The van der Waals surface area contributed by atoms with Crippen LogP contribution in [-0.2, 0) is 26.0 Å². The van der Waals surface area contributed by atoms with Crippen molar-refractivity contribution in [1.82, 2.24) is 9.55 Å². The number of aromatic nitrogens is 2. The minimum atomic E-state index is -3.98. The molecule has 0 fully saturated rings. The van der Waals surface area contributed by atoms with E-state index in [9.17, 15) is 18.0 Å². The zero-order valence-electron chi connectivity index (χ0n) is 14.9. The molecule has 12 heteroatoms. The van der Waals surface area contributed by atoms with Crippen molar-refractivity contribution >= 4 is 75.6 Å². The quantitative estimate of drug-likeness (QED) is 0.487. The van der Waals surface area contributed by atoms with Crippen molar-refractivity contribution in [1.29, 1.82) is 0 Å². The van der Waals surface area contributed by atoms with Crippen LogP contribution in [0.1, 0.15) is 0 Å². The van der Waals surface area contributed by atoms with Crippen LogP contribution in [0.3, 0.4) is 0 Å². The van der Waals surface area contributed by atoms with E-state index in [0.29, 0.717) is 16.5 Å². The van der Waals surface area contributed by atoms with Crippen LogP contribution < -0.4 is 10.1 Å². The number of anilines is 1. The van der Waals surface area contributed by atoms with Crippen LogP contribution in [-0.4, -0.2) is 41.3 Å². The molecule has 0 aliphatic rings. The number of rotatable bonds is 7. The van der Waals surface area contributed by atoms with Crippen molar-refractivity contribution in [2.45, 2.75) is 6.54 Å². The molecule has 0 aliphatic carbocycles. The molecule has 0 bridgehead atoms. The van der Waals surface area contributed by atoms with Crippen molar-refractivity contribution in [3.05, 3.63) is 51.7 Å². The van der Waals surface area contributed by atoms with Crippen molar-refractivity contribution in [3.63, 3.8) is 0 Å². The summed E-state index contributed by atoms with van der Waals surface area (Å²) in [6.45, 7) is 4.12. The second-order valence-electron chi connectivity index (χ2n) is 5.82. The maximum Gasteiger partial charge on any atom is 0.263 e. The maximum atomic E-state index is 12.3. The lowest BCUT2D eigenvalue weighted by molar-refractivity contribution is -0.115. The lowest BCUT2D eigenvalue weighted by Gasteiger charge is -2.03. The first-order chi connectivity index (χ1) is 13.8. The fraction of sp³-hybridized carbons (Fsp3) is 0.176. The number of fused-ring (bicyclic) bond motifs is 1. The van der Waals surface area contributed by atoms with Gasteiger partial charge in [-0.3, -0.25) is 9.59 Å². The highest BCUT2D eigenvalue weighted by Gasteiger charge is 2.21. The molecule has 29 heavy (non-hydrogen) atoms. The average Bonchev–Trinajstić information content (AvgIpc) is 3.22. The molecule has 2 heterocycles. The van der Waals surface area contributed by atoms with Crippen LogP contribution in [0.5, 0.6) is 0 Å². The van der Waals surface area contributed by atoms with Crippen molar-refractivity contribution in [2.75, 3.05) is 16.8 Å². The van der Waals surface area contributed by atoms with Crippen LogP contribution in [0.25, 0.3) is 10.2 Å². The third-order valence-electron chi connectivity index (χ3n) is 3.55. The van der Waals surface area contributed by atoms with Gasteiger partial charge in [-0.05, 0) is 18.2 Å². The average molecular weight is 515 g/mol. The van der Waals surface area contributed by atoms with E-state index in [2.05, 4.69) is 37.8 Å². The van der Waals surface area contributed by atoms with Gasteiger partial charge in [-0.1, -0.05) is 33.3 Å². The zero-order chi connectivity index (χ0) is 21.0. The van der Waals surface area contributed by atoms with Crippen LogP contribution in [0, 0.1) is 0 Å². The summed E-state index contributed by atoms with van der Waals surface area (Å²) in [5.41, 5.74) is 0.857. The number of hydrogen-bond donors (Lipinski definition) is 1. The van der Waals surface area contributed by atoms with E-state index < -0.39 is 33.2 Å². The number of carbonyl (C=O) groups excluding carboxylic acids is 2. The molecule has 0 atom stereocenters. The molecular weight excluding hydrogens is 500 g/mol. The van der Waals surface area contributed by atoms with Crippen molar-refractivity contribution < 1.29 is 18.0 Å². The Kier molecular flexibility index (Phi) is 6.77. The number of nitrogens with zero attached hydrogens (tertiary/aromatic N) is 3. The Balaban J connectivity index is 1.79. The zero-order valence-corrected chi connectivity index (χ0v) is 18.9. The van der Waals surface area contributed by atoms with Gasteiger partial charge in [0.2, 0.25) is 5.91 Å². The Hall–Kier alpha value is -2.15. The molecule has 0 saturated carbocycles. The molecule has 1 aromatic carbocycles. The SMILES string of the molecule is C=CCn1c(=NC(=O)CS(=O)(=O)CC(=O)Nc2nccs2)sc2cc(Br)ccc21. The number of allylic oxidation sites excluding steroid dienone is 1. The number of carbonyl (C=O) groups is 2. The second-order valence-corrected chi connectivity index (χ2v) is 10.7. The molecule has 2 amide bonds. The highest BCUT2D eigenvalue weighted by Crippen LogP contribution is 2.22. The van der Waals surface area contributed by atoms with Crippen LogP contribution >= 0.6 is 38.6 Å². The summed E-state index contributed by atoms with van der Waals surface area (Å²) < 4.78 is 28.0. The Morgan fingerprint density at radius 1 is 1.34 bits per heavy atom. The predicted molar refractivity (Wildman–Crippen MR) is 118 cm³/mol. The van der Waals surface area contributed by atoms with E-state index in [-0.39, 0.29) is 0 Å². The molecule has 3 aromatic rings. The number of sulfone groups is 1. The fourth-order valence-electron chi connectivity index (χ4n) is 2.46. The van der Waals surface area contributed by atoms with Crippen LogP contribution in [0.4, 0.5) is 5.13 Å². The monoisotopic (exact) mass is 514 g/mol. The van der Waals surface area contributed by atoms with E-state index >= 15 is 0 Å². The van der Waals surface area contributed by atoms with Crippen LogP contribution in [0.2, 0.25) is 0 Å². The molecule has 1 N–H and O–H groups in total. The third kappa shape index (κ3) is 5.69. The molecule has 0 saturated heterocycles. The van der Waals surface area contributed by atoms with Gasteiger partial charge in [-0.2, -0.15) is 4.99 Å². The number of nitrogens with one attached hydrogen (secondary N) is 1. The molecule has 0 unspecified atom stereocenters. The van der Waals surface area contributed by atoms with Crippen LogP contribution in [0.15, 0.2) is 51.9 Å². The summed E-state index contributed by atoms with van der Waals surface area (Å²) in [6, 6.07) is 5.64. The van der Waals surface area contributed by atoms with E-state index in [4.69, 9.17) is 0 Å². The molecule has 2 aromatic heterocycles. The Bertz CT molecular complexity index is 1240. The van der Waals surface area contributed by atoms with Gasteiger partial charge < -0.3 is 9.88 Å². The van der Waals surface area contributed by atoms with Gasteiger partial charge in [0.25, 0.3) is 5.91 Å². The van der Waals surface area contributed by atoms with Gasteiger partial charge in [-0.25, -0.2) is 13.4 Å². The molecule has 0 spiro atoms. The summed E-state index contributed by atoms with van der Waals surface area (Å²) in [5.74, 6) is -3.26. The first-order valence-electron chi connectivity index (χ1n) is 8.14. The summed E-state index contributed by atoms with van der Waals surface area (Å²) in [7, 11) is -3.98. The first-order valence-corrected chi connectivity index (χ1v) is 12.5. The molecule has 8 nitrogen and oxygen atoms in total. The topological polar surface area (TPSA) is 110 Å². The molecule has 3 rings (SSSR count). The Labute approximate surface area is 182 Å². The van der Waals surface area contributed by atoms with E-state index in [0.717, 1.165) is 14.7 Å². The fourth-order valence-corrected chi connectivity index (χ4v) is 5.62. The Morgan fingerprint density at radius 3 is 2.83 bits per heavy atom. The normalized spacial score (nSPS) is 12.2. The summed E-state index contributed by atoms with van der Waals surface area (Å²) in [6.07, 6.45) is 3.15. The maximum absolute atomic E-state index is 12.3. The van der Waals surface area contributed by atoms with Gasteiger partial charge in [0.1, 0.15) is 11.5 Å². The smallest absolute Gasteiger partial charge is 0.263 e. The minimum absolute atomic E-state index is 0.295. The molecule has 0 radical (unpaired) electrons. The van der Waals surface area contributed by atoms with E-state index in [1.54, 1.807) is 16.0 Å². The van der Waals surface area contributed by atoms with Gasteiger partial charge in [-0.15, -0.1) is 17.9 Å². The predicted octanol–water partition coefficient (Wildman–Crippen LogP) is 2.59. The lowest BCUT2D eigenvalue weighted by atomic mass is 10.3. The summed E-state index contributed by atoms with van der Waals surface area (Å²) in [4.78, 5) is 32.4. The largest absolute Gasteiger partial charge is 0.313 e. The van der Waals surface area contributed by atoms with Crippen molar-refractivity contribution in [3.8, 4) is 0 Å². The van der Waals surface area contributed by atoms with Gasteiger partial charge in [0.05, 0.1) is 10.2 Å². The summed E-state index contributed by atoms with van der Waals surface area (Å²) in [5, 5.41) is 4.32. The third-order valence-corrected chi connectivity index (χ3v) is 7.16. The van der Waals surface area contributed by atoms with Gasteiger partial charge >= 0.3 is 0 Å². The van der Waals surface area contributed by atoms with E-state index in [1.165, 1.54) is 28.9 Å². The second kappa shape index (κ2) is 9.11. The number of benzene rings is 1. The lowest BCUT2D eigenvalue weighted by Crippen LogP contribution is -2.28. The molecular formula is C17H15BrN4O4S3. The number of thiazole rings is 2.